The van der Waals surface area contributed by atoms with Gasteiger partial charge in [0.1, 0.15) is 5.60 Å². The number of allylic oxidation sites excluding steroid dienone is 1. The number of rotatable bonds is 9. The van der Waals surface area contributed by atoms with Crippen LogP contribution in [0.4, 0.5) is 0 Å². The molecule has 6 atom stereocenters. The topological polar surface area (TPSA) is 147 Å². The summed E-state index contributed by atoms with van der Waals surface area (Å²) in [6.45, 7) is 4.00. The number of esters is 1. The Balaban J connectivity index is 1.11. The molecule has 9 heteroatoms. The van der Waals surface area contributed by atoms with E-state index < -0.39 is 35.3 Å². The largest absolute Gasteiger partial charge is 0.478 e. The highest BCUT2D eigenvalue weighted by atomic mass is 16.5. The minimum absolute atomic E-state index is 0.00959. The first-order valence-electron chi connectivity index (χ1n) is 15.1. The predicted molar refractivity (Wildman–Crippen MR) is 152 cm³/mol. The number of benzene rings is 1. The summed E-state index contributed by atoms with van der Waals surface area (Å²) in [5, 5.41) is 23.4. The Hall–Kier alpha value is -3.33. The molecule has 9 nitrogen and oxygen atoms in total. The number of carbonyl (C=O) groups excluding carboxylic acids is 4. The van der Waals surface area contributed by atoms with Crippen LogP contribution in [0.2, 0.25) is 0 Å². The van der Waals surface area contributed by atoms with Gasteiger partial charge in [-0.15, -0.1) is 0 Å². The standard InChI is InChI=1S/C33H41NO8/c1-31-14-11-23(35)17-22(31)7-8-24-25(31)12-15-32(2)26(24)13-16-33(32,41)27(36)19-42-29(38)10-9-28(37)34-18-20-3-5-21(6-4-20)30(39)40/h3-6,17,24-26,41H,7-16,18-19H2,1-2H3,(H,34,37)(H,39,40)/t24?,25?,26?,31-,32-,33-/m0/s1. The highest BCUT2D eigenvalue weighted by Crippen LogP contribution is 2.67. The number of hydrogen-bond acceptors (Lipinski definition) is 7. The van der Waals surface area contributed by atoms with Crippen LogP contribution in [-0.2, 0) is 30.5 Å². The maximum Gasteiger partial charge on any atom is 0.335 e. The summed E-state index contributed by atoms with van der Waals surface area (Å²) in [6.07, 6.45) is 7.59. The summed E-state index contributed by atoms with van der Waals surface area (Å²) in [5.74, 6) is -1.31. The predicted octanol–water partition coefficient (Wildman–Crippen LogP) is 4.16. The average molecular weight is 580 g/mol. The first-order chi connectivity index (χ1) is 19.9. The molecule has 4 aliphatic rings. The number of carboxylic acid groups (broad SMARTS) is 1. The first-order valence-corrected chi connectivity index (χ1v) is 15.1. The van der Waals surface area contributed by atoms with Crippen LogP contribution in [0.25, 0.3) is 0 Å². The lowest BCUT2D eigenvalue weighted by Gasteiger charge is -2.58. The molecule has 0 aliphatic heterocycles. The summed E-state index contributed by atoms with van der Waals surface area (Å²) in [7, 11) is 0. The third kappa shape index (κ3) is 5.32. The van der Waals surface area contributed by atoms with Gasteiger partial charge in [-0.25, -0.2) is 4.79 Å². The zero-order valence-corrected chi connectivity index (χ0v) is 24.4. The second-order valence-corrected chi connectivity index (χ2v) is 13.2. The van der Waals surface area contributed by atoms with Crippen molar-refractivity contribution >= 4 is 29.4 Å². The summed E-state index contributed by atoms with van der Waals surface area (Å²) in [5.41, 5.74) is 0.0103. The molecule has 1 aromatic rings. The third-order valence-electron chi connectivity index (χ3n) is 11.2. The molecule has 0 saturated heterocycles. The van der Waals surface area contributed by atoms with Gasteiger partial charge in [0.25, 0.3) is 0 Å². The molecule has 1 amide bonds. The lowest BCUT2D eigenvalue weighted by Crippen LogP contribution is -2.58. The van der Waals surface area contributed by atoms with E-state index in [0.29, 0.717) is 31.1 Å². The summed E-state index contributed by atoms with van der Waals surface area (Å²) < 4.78 is 5.23. The van der Waals surface area contributed by atoms with Crippen LogP contribution < -0.4 is 5.32 Å². The van der Waals surface area contributed by atoms with Crippen molar-refractivity contribution in [2.24, 2.45) is 28.6 Å². The number of Topliss-reactive ketones (excluding diaryl/α,β-unsaturated/α-hetero) is 1. The zero-order valence-electron chi connectivity index (χ0n) is 24.4. The molecule has 3 fully saturated rings. The van der Waals surface area contributed by atoms with Crippen molar-refractivity contribution < 1.29 is 38.9 Å². The Kier molecular flexibility index (Phi) is 8.18. The van der Waals surface area contributed by atoms with Gasteiger partial charge in [0.2, 0.25) is 11.7 Å². The first kappa shape index (κ1) is 30.1. The molecule has 4 aliphatic carbocycles. The fraction of sp³-hybridized carbons (Fsp3) is 0.606. The molecule has 0 radical (unpaired) electrons. The quantitative estimate of drug-likeness (QED) is 0.370. The molecule has 1 aromatic carbocycles. The molecule has 3 N–H and O–H groups in total. The van der Waals surface area contributed by atoms with Crippen LogP contribution >= 0.6 is 0 Å². The van der Waals surface area contributed by atoms with E-state index in [0.717, 1.165) is 37.7 Å². The Morgan fingerprint density at radius 1 is 0.952 bits per heavy atom. The van der Waals surface area contributed by atoms with Gasteiger partial charge in [-0.05, 0) is 91.9 Å². The van der Waals surface area contributed by atoms with Crippen molar-refractivity contribution in [1.82, 2.24) is 5.32 Å². The normalized spacial score (nSPS) is 33.5. The second-order valence-electron chi connectivity index (χ2n) is 13.2. The van der Waals surface area contributed by atoms with E-state index in [1.165, 1.54) is 17.7 Å². The van der Waals surface area contributed by atoms with Crippen LogP contribution in [0.5, 0.6) is 0 Å². The van der Waals surface area contributed by atoms with Crippen molar-refractivity contribution in [3.05, 3.63) is 47.0 Å². The number of aromatic carboxylic acids is 1. The number of ketones is 2. The van der Waals surface area contributed by atoms with E-state index in [9.17, 15) is 29.1 Å². The smallest absolute Gasteiger partial charge is 0.335 e. The molecule has 226 valence electrons. The summed E-state index contributed by atoms with van der Waals surface area (Å²) in [6, 6.07) is 6.12. The molecule has 0 bridgehead atoms. The van der Waals surface area contributed by atoms with Crippen molar-refractivity contribution in [3.63, 3.8) is 0 Å². The molecule has 3 saturated carbocycles. The maximum absolute atomic E-state index is 13.4. The van der Waals surface area contributed by atoms with E-state index in [4.69, 9.17) is 9.84 Å². The minimum atomic E-state index is -1.56. The van der Waals surface area contributed by atoms with Gasteiger partial charge < -0.3 is 20.3 Å². The number of carboxylic acids is 1. The molecule has 0 spiro atoms. The van der Waals surface area contributed by atoms with E-state index >= 15 is 0 Å². The van der Waals surface area contributed by atoms with Gasteiger partial charge in [-0.1, -0.05) is 31.6 Å². The minimum Gasteiger partial charge on any atom is -0.478 e. The molecule has 0 aromatic heterocycles. The van der Waals surface area contributed by atoms with Gasteiger partial charge in [0, 0.05) is 24.8 Å². The second kappa shape index (κ2) is 11.4. The van der Waals surface area contributed by atoms with Gasteiger partial charge in [0.05, 0.1) is 12.0 Å². The number of carbonyl (C=O) groups is 5. The molecule has 3 unspecified atom stereocenters. The van der Waals surface area contributed by atoms with Gasteiger partial charge in [-0.2, -0.15) is 0 Å². The van der Waals surface area contributed by atoms with Crippen LogP contribution in [0.3, 0.4) is 0 Å². The Morgan fingerprint density at radius 3 is 2.38 bits per heavy atom. The van der Waals surface area contributed by atoms with Gasteiger partial charge in [0.15, 0.2) is 12.4 Å². The van der Waals surface area contributed by atoms with Crippen molar-refractivity contribution in [1.29, 1.82) is 0 Å². The lowest BCUT2D eigenvalue weighted by molar-refractivity contribution is -0.170. The Bertz CT molecular complexity index is 1320. The number of hydrogen-bond donors (Lipinski definition) is 3. The van der Waals surface area contributed by atoms with E-state index in [1.807, 2.05) is 13.0 Å². The van der Waals surface area contributed by atoms with E-state index in [2.05, 4.69) is 12.2 Å². The number of nitrogens with one attached hydrogen (secondary N) is 1. The van der Waals surface area contributed by atoms with Crippen LogP contribution in [0.1, 0.15) is 94.0 Å². The number of fused-ring (bicyclic) bond motifs is 5. The summed E-state index contributed by atoms with van der Waals surface area (Å²) in [4.78, 5) is 61.0. The van der Waals surface area contributed by atoms with E-state index in [-0.39, 0.29) is 48.0 Å². The SMILES string of the molecule is C[C@]12CCC(=O)C=C1CCC1C2CC[C@@]2(C)C1CC[C@]2(O)C(=O)COC(=O)CCC(=O)NCc1ccc(C(=O)O)cc1. The molecule has 0 heterocycles. The van der Waals surface area contributed by atoms with Gasteiger partial charge >= 0.3 is 11.9 Å². The third-order valence-corrected chi connectivity index (χ3v) is 11.2. The molecule has 42 heavy (non-hydrogen) atoms. The monoisotopic (exact) mass is 579 g/mol. The average Bonchev–Trinajstić information content (AvgIpc) is 3.25. The van der Waals surface area contributed by atoms with Crippen LogP contribution in [0.15, 0.2) is 35.9 Å². The molecular formula is C33H41NO8. The summed E-state index contributed by atoms with van der Waals surface area (Å²) >= 11 is 0. The van der Waals surface area contributed by atoms with E-state index in [1.54, 1.807) is 12.1 Å². The maximum atomic E-state index is 13.4. The molecular weight excluding hydrogens is 538 g/mol. The van der Waals surface area contributed by atoms with Crippen molar-refractivity contribution in [2.75, 3.05) is 6.61 Å². The molecule has 5 rings (SSSR count). The number of amides is 1. The number of ether oxygens (including phenoxy) is 1. The Morgan fingerprint density at radius 2 is 1.67 bits per heavy atom. The van der Waals surface area contributed by atoms with Crippen LogP contribution in [-0.4, -0.2) is 51.8 Å². The Labute approximate surface area is 246 Å². The fourth-order valence-corrected chi connectivity index (χ4v) is 8.64. The number of aliphatic hydroxyl groups is 1. The highest BCUT2D eigenvalue weighted by Gasteiger charge is 2.66. The fourth-order valence-electron chi connectivity index (χ4n) is 8.64. The lowest BCUT2D eigenvalue weighted by atomic mass is 9.46. The van der Waals surface area contributed by atoms with Gasteiger partial charge in [-0.3, -0.25) is 19.2 Å². The van der Waals surface area contributed by atoms with Crippen LogP contribution in [0, 0.1) is 28.6 Å². The van der Waals surface area contributed by atoms with Crippen molar-refractivity contribution in [3.8, 4) is 0 Å². The zero-order chi connectivity index (χ0) is 30.3. The highest BCUT2D eigenvalue weighted by molar-refractivity contribution is 5.92. The van der Waals surface area contributed by atoms with Crippen molar-refractivity contribution in [2.45, 2.75) is 90.2 Å².